The molecule has 1 fully saturated rings. The highest BCUT2D eigenvalue weighted by Gasteiger charge is 2.38. The van der Waals surface area contributed by atoms with Crippen molar-refractivity contribution in [3.63, 3.8) is 0 Å². The van der Waals surface area contributed by atoms with Crippen LogP contribution in [-0.2, 0) is 0 Å². The predicted molar refractivity (Wildman–Crippen MR) is 55.5 cm³/mol. The monoisotopic (exact) mass is 207 g/mol. The molecule has 0 aliphatic heterocycles. The highest BCUT2D eigenvalue weighted by Crippen LogP contribution is 2.26. The Morgan fingerprint density at radius 3 is 2.67 bits per heavy atom. The molecular weight excluding hydrogens is 194 g/mol. The molecule has 2 atom stereocenters. The average Bonchev–Trinajstić information content (AvgIpc) is 2.67. The summed E-state index contributed by atoms with van der Waals surface area (Å²) in [5, 5.41) is 10.7. The maximum atomic E-state index is 10.7. The molecule has 2 rings (SSSR count). The summed E-state index contributed by atoms with van der Waals surface area (Å²) >= 11 is 0. The molecule has 1 aliphatic rings. The van der Waals surface area contributed by atoms with Gasteiger partial charge in [0.2, 0.25) is 6.04 Å². The second-order valence-electron chi connectivity index (χ2n) is 3.75. The Balaban J connectivity index is 2.03. The van der Waals surface area contributed by atoms with Gasteiger partial charge in [0.25, 0.3) is 0 Å². The van der Waals surface area contributed by atoms with E-state index in [4.69, 9.17) is 4.74 Å². The van der Waals surface area contributed by atoms with E-state index in [1.807, 2.05) is 30.3 Å². The zero-order valence-corrected chi connectivity index (χ0v) is 8.33. The molecule has 4 heteroatoms. The lowest BCUT2D eigenvalue weighted by atomic mass is 10.2. The Morgan fingerprint density at radius 2 is 2.00 bits per heavy atom. The number of para-hydroxylation sites is 1. The van der Waals surface area contributed by atoms with Crippen LogP contribution in [0.3, 0.4) is 0 Å². The molecule has 4 nitrogen and oxygen atoms in total. The first-order chi connectivity index (χ1) is 7.27. The van der Waals surface area contributed by atoms with Gasteiger partial charge in [0.05, 0.1) is 0 Å². The fraction of sp³-hybridized carbons (Fsp3) is 0.455. The number of benzene rings is 1. The van der Waals surface area contributed by atoms with Crippen molar-refractivity contribution >= 4 is 0 Å². The van der Waals surface area contributed by atoms with Crippen molar-refractivity contribution in [2.45, 2.75) is 31.4 Å². The van der Waals surface area contributed by atoms with Crippen molar-refractivity contribution < 1.29 is 9.66 Å². The van der Waals surface area contributed by atoms with Gasteiger partial charge in [-0.15, -0.1) is 0 Å². The van der Waals surface area contributed by atoms with E-state index in [9.17, 15) is 10.1 Å². The zero-order chi connectivity index (χ0) is 10.7. The van der Waals surface area contributed by atoms with Crippen LogP contribution in [0.15, 0.2) is 30.3 Å². The van der Waals surface area contributed by atoms with Crippen molar-refractivity contribution in [1.82, 2.24) is 0 Å². The van der Waals surface area contributed by atoms with E-state index >= 15 is 0 Å². The first-order valence-electron chi connectivity index (χ1n) is 5.12. The van der Waals surface area contributed by atoms with Crippen LogP contribution in [0.2, 0.25) is 0 Å². The molecule has 2 unspecified atom stereocenters. The highest BCUT2D eigenvalue weighted by molar-refractivity contribution is 5.21. The molecule has 0 spiro atoms. The van der Waals surface area contributed by atoms with Crippen molar-refractivity contribution in [2.75, 3.05) is 0 Å². The third-order valence-corrected chi connectivity index (χ3v) is 2.72. The van der Waals surface area contributed by atoms with Gasteiger partial charge in [-0.2, -0.15) is 0 Å². The van der Waals surface area contributed by atoms with Gasteiger partial charge in [0, 0.05) is 11.3 Å². The summed E-state index contributed by atoms with van der Waals surface area (Å²) in [7, 11) is 0. The van der Waals surface area contributed by atoms with Gasteiger partial charge in [0.1, 0.15) is 5.75 Å². The zero-order valence-electron chi connectivity index (χ0n) is 8.33. The van der Waals surface area contributed by atoms with Gasteiger partial charge in [-0.25, -0.2) is 0 Å². The van der Waals surface area contributed by atoms with Gasteiger partial charge >= 0.3 is 0 Å². The van der Waals surface area contributed by atoms with Crippen molar-refractivity contribution in [3.8, 4) is 5.75 Å². The number of hydrogen-bond donors (Lipinski definition) is 0. The molecule has 1 aromatic rings. The minimum Gasteiger partial charge on any atom is -0.483 e. The summed E-state index contributed by atoms with van der Waals surface area (Å²) in [4.78, 5) is 10.5. The van der Waals surface area contributed by atoms with Crippen LogP contribution in [0.1, 0.15) is 19.3 Å². The molecule has 0 saturated heterocycles. The highest BCUT2D eigenvalue weighted by atomic mass is 16.6. The second-order valence-corrected chi connectivity index (χ2v) is 3.75. The normalized spacial score (nSPS) is 25.1. The molecule has 1 aliphatic carbocycles. The van der Waals surface area contributed by atoms with Crippen LogP contribution >= 0.6 is 0 Å². The summed E-state index contributed by atoms with van der Waals surface area (Å²) in [6, 6.07) is 8.75. The first kappa shape index (κ1) is 9.96. The van der Waals surface area contributed by atoms with Crippen molar-refractivity contribution in [2.24, 2.45) is 0 Å². The van der Waals surface area contributed by atoms with Crippen molar-refractivity contribution in [3.05, 3.63) is 40.4 Å². The summed E-state index contributed by atoms with van der Waals surface area (Å²) in [6.45, 7) is 0. The summed E-state index contributed by atoms with van der Waals surface area (Å²) in [6.07, 6.45) is 2.02. The molecule has 1 saturated carbocycles. The first-order valence-corrected chi connectivity index (χ1v) is 5.12. The molecule has 0 bridgehead atoms. The van der Waals surface area contributed by atoms with Crippen LogP contribution in [0.4, 0.5) is 0 Å². The summed E-state index contributed by atoms with van der Waals surface area (Å²) in [5.74, 6) is 0.719. The lowest BCUT2D eigenvalue weighted by molar-refractivity contribution is -0.529. The van der Waals surface area contributed by atoms with Crippen LogP contribution in [0.5, 0.6) is 5.75 Å². The minimum absolute atomic E-state index is 0.222. The molecule has 1 aromatic carbocycles. The SMILES string of the molecule is O=[N+]([O-])C1CCCC1Oc1ccccc1. The van der Waals surface area contributed by atoms with E-state index in [1.165, 1.54) is 0 Å². The quantitative estimate of drug-likeness (QED) is 0.564. The third kappa shape index (κ3) is 2.26. The van der Waals surface area contributed by atoms with Gasteiger partial charge in [-0.1, -0.05) is 18.2 Å². The Morgan fingerprint density at radius 1 is 1.27 bits per heavy atom. The molecule has 80 valence electrons. The number of nitro groups is 1. The minimum atomic E-state index is -0.537. The fourth-order valence-electron chi connectivity index (χ4n) is 1.96. The standard InChI is InChI=1S/C11H13NO3/c13-12(14)10-7-4-8-11(10)15-9-5-2-1-3-6-9/h1-3,5-6,10-11H,4,7-8H2. The maximum Gasteiger partial charge on any atom is 0.249 e. The van der Waals surface area contributed by atoms with E-state index < -0.39 is 6.04 Å². The number of hydrogen-bond acceptors (Lipinski definition) is 3. The maximum absolute atomic E-state index is 10.7. The van der Waals surface area contributed by atoms with Gasteiger partial charge in [-0.3, -0.25) is 10.1 Å². The third-order valence-electron chi connectivity index (χ3n) is 2.72. The Kier molecular flexibility index (Phi) is 2.85. The average molecular weight is 207 g/mol. The molecule has 0 radical (unpaired) electrons. The Labute approximate surface area is 88.0 Å². The van der Waals surface area contributed by atoms with E-state index in [1.54, 1.807) is 0 Å². The Bertz CT molecular complexity index is 339. The van der Waals surface area contributed by atoms with Crippen LogP contribution in [-0.4, -0.2) is 17.1 Å². The van der Waals surface area contributed by atoms with Crippen molar-refractivity contribution in [1.29, 1.82) is 0 Å². The van der Waals surface area contributed by atoms with E-state index in [2.05, 4.69) is 0 Å². The number of ether oxygens (including phenoxy) is 1. The molecule has 15 heavy (non-hydrogen) atoms. The topological polar surface area (TPSA) is 52.4 Å². The molecule has 0 amide bonds. The fourth-order valence-corrected chi connectivity index (χ4v) is 1.96. The smallest absolute Gasteiger partial charge is 0.249 e. The molecular formula is C11H13NO3. The van der Waals surface area contributed by atoms with Gasteiger partial charge in [0.15, 0.2) is 6.10 Å². The number of rotatable bonds is 3. The molecule has 0 aromatic heterocycles. The van der Waals surface area contributed by atoms with E-state index in [0.29, 0.717) is 6.42 Å². The largest absolute Gasteiger partial charge is 0.483 e. The van der Waals surface area contributed by atoms with E-state index in [0.717, 1.165) is 18.6 Å². The second kappa shape index (κ2) is 4.29. The van der Waals surface area contributed by atoms with E-state index in [-0.39, 0.29) is 11.0 Å². The molecule has 0 N–H and O–H groups in total. The van der Waals surface area contributed by atoms with Crippen LogP contribution < -0.4 is 4.74 Å². The lowest BCUT2D eigenvalue weighted by Gasteiger charge is -2.15. The van der Waals surface area contributed by atoms with Crippen LogP contribution in [0, 0.1) is 10.1 Å². The van der Waals surface area contributed by atoms with Crippen LogP contribution in [0.25, 0.3) is 0 Å². The van der Waals surface area contributed by atoms with Gasteiger partial charge < -0.3 is 4.74 Å². The summed E-state index contributed by atoms with van der Waals surface area (Å²) in [5.41, 5.74) is 0. The number of nitrogens with zero attached hydrogens (tertiary/aromatic N) is 1. The van der Waals surface area contributed by atoms with Gasteiger partial charge in [-0.05, 0) is 25.0 Å². The summed E-state index contributed by atoms with van der Waals surface area (Å²) < 4.78 is 5.61. The molecule has 0 heterocycles. The predicted octanol–water partition coefficient (Wildman–Crippen LogP) is 2.26. The lowest BCUT2D eigenvalue weighted by Crippen LogP contribution is -2.32. The Hall–Kier alpha value is -1.58.